The molecule has 0 saturated heterocycles. The number of amides is 2. The van der Waals surface area contributed by atoms with Crippen molar-refractivity contribution in [2.75, 3.05) is 11.9 Å². The molecule has 0 spiro atoms. The Morgan fingerprint density at radius 1 is 1.35 bits per heavy atom. The number of hydrogen-bond donors (Lipinski definition) is 1. The van der Waals surface area contributed by atoms with Crippen LogP contribution in [0, 0.1) is 12.8 Å². The minimum atomic E-state index is -2.58. The van der Waals surface area contributed by atoms with Gasteiger partial charge in [-0.05, 0) is 50.3 Å². The van der Waals surface area contributed by atoms with Crippen LogP contribution < -0.4 is 10.1 Å². The number of carbonyl (C=O) groups is 2. The molecule has 2 aliphatic rings. The van der Waals surface area contributed by atoms with Crippen molar-refractivity contribution >= 4 is 17.6 Å². The first kappa shape index (κ1) is 21.1. The number of alkyl halides is 2. The smallest absolute Gasteiger partial charge is 0.272 e. The average molecular weight is 430 g/mol. The van der Waals surface area contributed by atoms with Crippen molar-refractivity contribution in [1.29, 1.82) is 0 Å². The highest BCUT2D eigenvalue weighted by atomic mass is 19.3. The zero-order chi connectivity index (χ0) is 22.1. The summed E-state index contributed by atoms with van der Waals surface area (Å²) in [7, 11) is 0. The third-order valence-electron chi connectivity index (χ3n) is 5.65. The third kappa shape index (κ3) is 4.65. The van der Waals surface area contributed by atoms with Crippen molar-refractivity contribution in [2.45, 2.75) is 52.1 Å². The number of nitrogens with one attached hydrogen (secondary N) is 1. The molecular weight excluding hydrogens is 406 g/mol. The van der Waals surface area contributed by atoms with Gasteiger partial charge in [0, 0.05) is 35.5 Å². The second-order valence-corrected chi connectivity index (χ2v) is 8.08. The van der Waals surface area contributed by atoms with Gasteiger partial charge in [0.15, 0.2) is 6.61 Å². The minimum absolute atomic E-state index is 0.0819. The molecule has 9 heteroatoms. The molecule has 4 rings (SSSR count). The number of anilines is 1. The summed E-state index contributed by atoms with van der Waals surface area (Å²) in [4.78, 5) is 35.4. The van der Waals surface area contributed by atoms with Crippen LogP contribution >= 0.6 is 0 Å². The Labute approximate surface area is 178 Å². The van der Waals surface area contributed by atoms with Crippen molar-refractivity contribution < 1.29 is 23.1 Å². The van der Waals surface area contributed by atoms with Gasteiger partial charge in [0.25, 0.3) is 12.3 Å². The number of aromatic nitrogens is 2. The van der Waals surface area contributed by atoms with E-state index in [1.165, 1.54) is 12.4 Å². The summed E-state index contributed by atoms with van der Waals surface area (Å²) in [5, 5.41) is 2.85. The molecule has 1 N–H and O–H groups in total. The number of carbonyl (C=O) groups excluding carboxylic acids is 2. The van der Waals surface area contributed by atoms with E-state index in [0.29, 0.717) is 41.4 Å². The molecule has 1 aliphatic carbocycles. The van der Waals surface area contributed by atoms with Crippen LogP contribution in [0.1, 0.15) is 59.3 Å². The third-order valence-corrected chi connectivity index (χ3v) is 5.65. The Morgan fingerprint density at radius 3 is 2.81 bits per heavy atom. The quantitative estimate of drug-likeness (QED) is 0.687. The molecule has 3 heterocycles. The zero-order valence-electron chi connectivity index (χ0n) is 17.4. The molecule has 2 amide bonds. The van der Waals surface area contributed by atoms with Gasteiger partial charge in [0.2, 0.25) is 11.8 Å². The molecule has 0 radical (unpaired) electrons. The highest BCUT2D eigenvalue weighted by molar-refractivity contribution is 6.01. The lowest BCUT2D eigenvalue weighted by molar-refractivity contribution is -0.116. The fraction of sp³-hybridized carbons (Fsp3) is 0.455. The predicted molar refractivity (Wildman–Crippen MR) is 109 cm³/mol. The highest BCUT2D eigenvalue weighted by Gasteiger charge is 2.34. The standard InChI is InChI=1S/C22H24F2N4O3/c1-12-7-15(9-26-21(12)31-11-18(23)24)13(2)28-10-17-16(22(28)30)5-6-25-20(17)27-19(29)8-14-3-4-14/h5-7,9,13-14,18H,3-4,8,10-11H2,1-2H3,(H,25,27,29). The average Bonchev–Trinajstić information content (AvgIpc) is 3.47. The Hall–Kier alpha value is -3.10. The van der Waals surface area contributed by atoms with E-state index in [0.717, 1.165) is 18.4 Å². The summed E-state index contributed by atoms with van der Waals surface area (Å²) < 4.78 is 29.8. The van der Waals surface area contributed by atoms with Crippen molar-refractivity contribution in [1.82, 2.24) is 14.9 Å². The number of aryl methyl sites for hydroxylation is 1. The summed E-state index contributed by atoms with van der Waals surface area (Å²) >= 11 is 0. The first-order chi connectivity index (χ1) is 14.8. The number of fused-ring (bicyclic) bond motifs is 1. The molecule has 0 aromatic carbocycles. The second kappa shape index (κ2) is 8.56. The Kier molecular flexibility index (Phi) is 5.84. The number of hydrogen-bond acceptors (Lipinski definition) is 5. The van der Waals surface area contributed by atoms with Gasteiger partial charge in [-0.2, -0.15) is 0 Å². The number of ether oxygens (including phenoxy) is 1. The van der Waals surface area contributed by atoms with Gasteiger partial charge in [0.05, 0.1) is 12.6 Å². The van der Waals surface area contributed by atoms with E-state index in [1.807, 2.05) is 6.92 Å². The van der Waals surface area contributed by atoms with E-state index in [9.17, 15) is 18.4 Å². The molecule has 164 valence electrons. The fourth-order valence-electron chi connectivity index (χ4n) is 3.72. The van der Waals surface area contributed by atoms with Crippen LogP contribution in [0.3, 0.4) is 0 Å². The normalized spacial score (nSPS) is 16.4. The SMILES string of the molecule is Cc1cc(C(C)N2Cc3c(ccnc3NC(=O)CC3CC3)C2=O)cnc1OCC(F)F. The van der Waals surface area contributed by atoms with E-state index >= 15 is 0 Å². The maximum Gasteiger partial charge on any atom is 0.272 e. The first-order valence-corrected chi connectivity index (χ1v) is 10.3. The molecule has 7 nitrogen and oxygen atoms in total. The van der Waals surface area contributed by atoms with Gasteiger partial charge in [0.1, 0.15) is 5.82 Å². The molecule has 2 aromatic heterocycles. The number of rotatable bonds is 8. The highest BCUT2D eigenvalue weighted by Crippen LogP contribution is 2.36. The van der Waals surface area contributed by atoms with Crippen molar-refractivity contribution in [3.63, 3.8) is 0 Å². The molecule has 1 atom stereocenters. The van der Waals surface area contributed by atoms with Crippen LogP contribution in [0.4, 0.5) is 14.6 Å². The van der Waals surface area contributed by atoms with Gasteiger partial charge in [-0.15, -0.1) is 0 Å². The van der Waals surface area contributed by atoms with Crippen LogP contribution in [0.15, 0.2) is 24.5 Å². The van der Waals surface area contributed by atoms with Crippen LogP contribution in [0.5, 0.6) is 5.88 Å². The first-order valence-electron chi connectivity index (χ1n) is 10.3. The van der Waals surface area contributed by atoms with E-state index in [-0.39, 0.29) is 23.7 Å². The van der Waals surface area contributed by atoms with Gasteiger partial charge < -0.3 is 15.0 Å². The molecule has 1 aliphatic heterocycles. The summed E-state index contributed by atoms with van der Waals surface area (Å²) in [5.41, 5.74) is 2.59. The lowest BCUT2D eigenvalue weighted by Gasteiger charge is -2.25. The second-order valence-electron chi connectivity index (χ2n) is 8.08. The number of nitrogens with zero attached hydrogens (tertiary/aromatic N) is 3. The van der Waals surface area contributed by atoms with Crippen LogP contribution in [-0.2, 0) is 11.3 Å². The van der Waals surface area contributed by atoms with E-state index in [1.54, 1.807) is 24.0 Å². The summed E-state index contributed by atoms with van der Waals surface area (Å²) in [6.45, 7) is 3.19. The molecule has 1 saturated carbocycles. The Morgan fingerprint density at radius 2 is 2.13 bits per heavy atom. The summed E-state index contributed by atoms with van der Waals surface area (Å²) in [5.74, 6) is 0.798. The van der Waals surface area contributed by atoms with Crippen LogP contribution in [0.25, 0.3) is 0 Å². The largest absolute Gasteiger partial charge is 0.471 e. The van der Waals surface area contributed by atoms with Gasteiger partial charge in [-0.3, -0.25) is 9.59 Å². The van der Waals surface area contributed by atoms with Crippen molar-refractivity contribution in [3.05, 3.63) is 46.8 Å². The fourth-order valence-corrected chi connectivity index (χ4v) is 3.72. The van der Waals surface area contributed by atoms with Crippen molar-refractivity contribution in [2.24, 2.45) is 5.92 Å². The number of halogens is 2. The molecule has 31 heavy (non-hydrogen) atoms. The lowest BCUT2D eigenvalue weighted by atomic mass is 10.1. The monoisotopic (exact) mass is 430 g/mol. The summed E-state index contributed by atoms with van der Waals surface area (Å²) in [6.07, 6.45) is 3.12. The minimum Gasteiger partial charge on any atom is -0.471 e. The topological polar surface area (TPSA) is 84.4 Å². The van der Waals surface area contributed by atoms with Gasteiger partial charge in [-0.1, -0.05) is 0 Å². The molecular formula is C22H24F2N4O3. The molecule has 1 fully saturated rings. The van der Waals surface area contributed by atoms with E-state index in [2.05, 4.69) is 15.3 Å². The maximum absolute atomic E-state index is 13.0. The van der Waals surface area contributed by atoms with Crippen molar-refractivity contribution in [3.8, 4) is 5.88 Å². The zero-order valence-corrected chi connectivity index (χ0v) is 17.4. The van der Waals surface area contributed by atoms with Gasteiger partial charge in [-0.25, -0.2) is 18.7 Å². The lowest BCUT2D eigenvalue weighted by Crippen LogP contribution is -2.27. The Bertz CT molecular complexity index is 1010. The Balaban J connectivity index is 1.49. The van der Waals surface area contributed by atoms with Crippen LogP contribution in [-0.4, -0.2) is 39.7 Å². The predicted octanol–water partition coefficient (Wildman–Crippen LogP) is 3.88. The molecule has 2 aromatic rings. The summed E-state index contributed by atoms with van der Waals surface area (Å²) in [6, 6.07) is 3.13. The van der Waals surface area contributed by atoms with Crippen LogP contribution in [0.2, 0.25) is 0 Å². The maximum atomic E-state index is 13.0. The molecule has 0 bridgehead atoms. The van der Waals surface area contributed by atoms with E-state index < -0.39 is 13.0 Å². The van der Waals surface area contributed by atoms with Gasteiger partial charge >= 0.3 is 0 Å². The number of pyridine rings is 2. The van der Waals surface area contributed by atoms with E-state index in [4.69, 9.17) is 4.74 Å². The molecule has 1 unspecified atom stereocenters.